The summed E-state index contributed by atoms with van der Waals surface area (Å²) in [5, 5.41) is 16.9. The fourth-order valence-electron chi connectivity index (χ4n) is 4.80. The Hall–Kier alpha value is -1.43. The first-order chi connectivity index (χ1) is 11.7. The first kappa shape index (κ1) is 14.9. The van der Waals surface area contributed by atoms with E-state index in [2.05, 4.69) is 27.8 Å². The van der Waals surface area contributed by atoms with Gasteiger partial charge in [0.15, 0.2) is 0 Å². The molecule has 0 amide bonds. The number of rotatable bonds is 2. The molecule has 1 atom stereocenters. The normalized spacial score (nSPS) is 32.3. The summed E-state index contributed by atoms with van der Waals surface area (Å²) < 4.78 is 7.66. The minimum absolute atomic E-state index is 0.476. The zero-order chi connectivity index (χ0) is 16.1. The van der Waals surface area contributed by atoms with Crippen LogP contribution in [0, 0.1) is 5.92 Å². The van der Waals surface area contributed by atoms with E-state index in [0.29, 0.717) is 32.1 Å². The fourth-order valence-corrected chi connectivity index (χ4v) is 4.80. The van der Waals surface area contributed by atoms with E-state index in [-0.39, 0.29) is 0 Å². The van der Waals surface area contributed by atoms with Crippen LogP contribution in [-0.4, -0.2) is 52.6 Å². The molecule has 4 saturated heterocycles. The number of hydrogen-bond donors (Lipinski definition) is 1. The number of nitrogens with zero attached hydrogens (tertiary/aromatic N) is 3. The van der Waals surface area contributed by atoms with E-state index in [1.54, 1.807) is 0 Å². The quantitative estimate of drug-likeness (QED) is 0.919. The summed E-state index contributed by atoms with van der Waals surface area (Å²) >= 11 is 0. The second-order valence-corrected chi connectivity index (χ2v) is 7.71. The third kappa shape index (κ3) is 2.30. The zero-order valence-electron chi connectivity index (χ0n) is 14.0. The van der Waals surface area contributed by atoms with E-state index in [4.69, 9.17) is 9.84 Å². The summed E-state index contributed by atoms with van der Waals surface area (Å²) in [4.78, 5) is 2.56. The predicted octanol–water partition coefficient (Wildman–Crippen LogP) is 2.30. The molecule has 0 aliphatic carbocycles. The van der Waals surface area contributed by atoms with Crippen molar-refractivity contribution < 1.29 is 9.84 Å². The molecule has 1 aromatic carbocycles. The van der Waals surface area contributed by atoms with Crippen molar-refractivity contribution >= 4 is 10.9 Å². The Bertz CT molecular complexity index is 742. The van der Waals surface area contributed by atoms with Crippen molar-refractivity contribution in [2.45, 2.75) is 37.3 Å². The molecule has 4 fully saturated rings. The highest BCUT2D eigenvalue weighted by Crippen LogP contribution is 2.38. The highest BCUT2D eigenvalue weighted by Gasteiger charge is 2.37. The molecule has 5 nitrogen and oxygen atoms in total. The third-order valence-electron chi connectivity index (χ3n) is 6.39. The molecule has 1 aromatic heterocycles. The van der Waals surface area contributed by atoms with Crippen LogP contribution in [0.3, 0.4) is 0 Å². The van der Waals surface area contributed by atoms with E-state index in [9.17, 15) is 5.11 Å². The van der Waals surface area contributed by atoms with Gasteiger partial charge >= 0.3 is 0 Å². The number of ether oxygens (including phenoxy) is 1. The molecule has 1 N–H and O–H groups in total. The first-order valence-electron chi connectivity index (χ1n) is 9.23. The SMILES string of the molecule is OC1(c2ccc3cnn([C@H]4CN5CCC4CC5)c3c2)CCOCC1. The number of piperidine rings is 3. The Balaban J connectivity index is 1.54. The van der Waals surface area contributed by atoms with Gasteiger partial charge in [-0.15, -0.1) is 0 Å². The Kier molecular flexibility index (Phi) is 3.44. The number of fused-ring (bicyclic) bond motifs is 4. The lowest BCUT2D eigenvalue weighted by molar-refractivity contribution is -0.0678. The lowest BCUT2D eigenvalue weighted by Crippen LogP contribution is -2.48. The number of aromatic nitrogens is 2. The van der Waals surface area contributed by atoms with Crippen LogP contribution in [0.15, 0.2) is 24.4 Å². The molecule has 5 heterocycles. The van der Waals surface area contributed by atoms with Crippen molar-refractivity contribution in [3.05, 3.63) is 30.0 Å². The molecule has 0 spiro atoms. The molecular formula is C19H25N3O2. The molecule has 128 valence electrons. The molecule has 0 saturated carbocycles. The van der Waals surface area contributed by atoms with Crippen molar-refractivity contribution in [1.82, 2.24) is 14.7 Å². The fraction of sp³-hybridized carbons (Fsp3) is 0.632. The highest BCUT2D eigenvalue weighted by molar-refractivity contribution is 5.79. The summed E-state index contributed by atoms with van der Waals surface area (Å²) in [6.07, 6.45) is 5.89. The zero-order valence-corrected chi connectivity index (χ0v) is 14.0. The van der Waals surface area contributed by atoms with Crippen molar-refractivity contribution in [3.63, 3.8) is 0 Å². The molecule has 2 bridgehead atoms. The Morgan fingerprint density at radius 1 is 1.17 bits per heavy atom. The average molecular weight is 327 g/mol. The van der Waals surface area contributed by atoms with Gasteiger partial charge in [0, 0.05) is 38.0 Å². The van der Waals surface area contributed by atoms with Crippen LogP contribution in [-0.2, 0) is 10.3 Å². The predicted molar refractivity (Wildman–Crippen MR) is 91.9 cm³/mol. The van der Waals surface area contributed by atoms with Crippen molar-refractivity contribution in [3.8, 4) is 0 Å². The Morgan fingerprint density at radius 3 is 2.67 bits per heavy atom. The van der Waals surface area contributed by atoms with Crippen LogP contribution in [0.4, 0.5) is 0 Å². The van der Waals surface area contributed by atoms with Gasteiger partial charge in [0.1, 0.15) is 0 Å². The lowest BCUT2D eigenvalue weighted by Gasteiger charge is -2.44. The van der Waals surface area contributed by atoms with E-state index < -0.39 is 5.60 Å². The van der Waals surface area contributed by atoms with E-state index >= 15 is 0 Å². The molecule has 0 unspecified atom stereocenters. The summed E-state index contributed by atoms with van der Waals surface area (Å²) in [5.74, 6) is 0.743. The van der Waals surface area contributed by atoms with Crippen LogP contribution < -0.4 is 0 Å². The Morgan fingerprint density at radius 2 is 1.96 bits per heavy atom. The molecule has 4 aliphatic rings. The Labute approximate surface area is 142 Å². The van der Waals surface area contributed by atoms with Gasteiger partial charge in [-0.2, -0.15) is 5.10 Å². The monoisotopic (exact) mass is 327 g/mol. The van der Waals surface area contributed by atoms with Gasteiger partial charge in [0.2, 0.25) is 0 Å². The molecule has 5 heteroatoms. The summed E-state index contributed by atoms with van der Waals surface area (Å²) in [6, 6.07) is 6.83. The van der Waals surface area contributed by atoms with Gasteiger partial charge in [-0.05, 0) is 43.5 Å². The molecule has 24 heavy (non-hydrogen) atoms. The van der Waals surface area contributed by atoms with Crippen molar-refractivity contribution in [2.75, 3.05) is 32.8 Å². The minimum atomic E-state index is -0.753. The third-order valence-corrected chi connectivity index (χ3v) is 6.39. The van der Waals surface area contributed by atoms with Crippen LogP contribution >= 0.6 is 0 Å². The second kappa shape index (κ2) is 5.55. The van der Waals surface area contributed by atoms with Crippen LogP contribution in [0.2, 0.25) is 0 Å². The second-order valence-electron chi connectivity index (χ2n) is 7.71. The van der Waals surface area contributed by atoms with E-state index in [1.165, 1.54) is 36.8 Å². The number of benzene rings is 1. The lowest BCUT2D eigenvalue weighted by atomic mass is 9.83. The molecular weight excluding hydrogens is 302 g/mol. The molecule has 2 aromatic rings. The van der Waals surface area contributed by atoms with E-state index in [1.807, 2.05) is 6.20 Å². The summed E-state index contributed by atoms with van der Waals surface area (Å²) in [5.41, 5.74) is 1.43. The van der Waals surface area contributed by atoms with Gasteiger partial charge in [-0.1, -0.05) is 12.1 Å². The van der Waals surface area contributed by atoms with Gasteiger partial charge < -0.3 is 14.7 Å². The summed E-state index contributed by atoms with van der Waals surface area (Å²) in [7, 11) is 0. The van der Waals surface area contributed by atoms with Crippen molar-refractivity contribution in [2.24, 2.45) is 5.92 Å². The molecule has 4 aliphatic heterocycles. The minimum Gasteiger partial charge on any atom is -0.385 e. The topological polar surface area (TPSA) is 50.5 Å². The van der Waals surface area contributed by atoms with Crippen LogP contribution in [0.5, 0.6) is 0 Å². The van der Waals surface area contributed by atoms with Crippen LogP contribution in [0.1, 0.15) is 37.3 Å². The van der Waals surface area contributed by atoms with Gasteiger partial charge in [0.25, 0.3) is 0 Å². The summed E-state index contributed by atoms with van der Waals surface area (Å²) in [6.45, 7) is 4.86. The maximum Gasteiger partial charge on any atom is 0.0941 e. The smallest absolute Gasteiger partial charge is 0.0941 e. The molecule has 0 radical (unpaired) electrons. The van der Waals surface area contributed by atoms with Gasteiger partial charge in [-0.3, -0.25) is 4.68 Å². The maximum atomic E-state index is 11.0. The largest absolute Gasteiger partial charge is 0.385 e. The van der Waals surface area contributed by atoms with Gasteiger partial charge in [-0.25, -0.2) is 0 Å². The molecule has 6 rings (SSSR count). The standard InChI is InChI=1S/C19H25N3O2/c23-19(5-9-24-10-6-19)16-2-1-15-12-20-22(17(15)11-16)18-13-21-7-3-14(18)4-8-21/h1-2,11-12,14,18,23H,3-10,13H2/t18-/m0/s1. The van der Waals surface area contributed by atoms with Crippen LogP contribution in [0.25, 0.3) is 10.9 Å². The number of aliphatic hydroxyl groups is 1. The highest BCUT2D eigenvalue weighted by atomic mass is 16.5. The first-order valence-corrected chi connectivity index (χ1v) is 9.23. The van der Waals surface area contributed by atoms with Crippen molar-refractivity contribution in [1.29, 1.82) is 0 Å². The van der Waals surface area contributed by atoms with Gasteiger partial charge in [0.05, 0.1) is 23.4 Å². The number of hydrogen-bond acceptors (Lipinski definition) is 4. The maximum absolute atomic E-state index is 11.0. The van der Waals surface area contributed by atoms with E-state index in [0.717, 1.165) is 18.0 Å². The average Bonchev–Trinajstić information content (AvgIpc) is 3.06.